The van der Waals surface area contributed by atoms with Crippen molar-refractivity contribution in [1.29, 1.82) is 0 Å². The minimum atomic E-state index is -3.62. The molecule has 1 rings (SSSR count). The van der Waals surface area contributed by atoms with E-state index in [4.69, 9.17) is 5.14 Å². The van der Waals surface area contributed by atoms with E-state index in [1.54, 1.807) is 24.3 Å². The second kappa shape index (κ2) is 3.94. The fraction of sp³-hybridized carbons (Fsp3) is 0.200. The van der Waals surface area contributed by atoms with Gasteiger partial charge in [0.05, 0.1) is 4.90 Å². The summed E-state index contributed by atoms with van der Waals surface area (Å²) in [7, 11) is -3.62. The maximum absolute atomic E-state index is 11.2. The van der Waals surface area contributed by atoms with Crippen LogP contribution in [-0.2, 0) is 10.0 Å². The smallest absolute Gasteiger partial charge is 0.225 e. The zero-order chi connectivity index (χ0) is 10.8. The SMILES string of the molecule is CC(C)=Cc1ccccc1S(N)(=O)=O. The number of hydrogen-bond acceptors (Lipinski definition) is 2. The van der Waals surface area contributed by atoms with Crippen LogP contribution >= 0.6 is 0 Å². The molecule has 0 spiro atoms. The molecule has 0 aromatic heterocycles. The Balaban J connectivity index is 3.39. The Morgan fingerprint density at radius 1 is 1.29 bits per heavy atom. The van der Waals surface area contributed by atoms with Crippen LogP contribution in [0.2, 0.25) is 0 Å². The van der Waals surface area contributed by atoms with E-state index in [2.05, 4.69) is 0 Å². The third kappa shape index (κ3) is 2.68. The van der Waals surface area contributed by atoms with Crippen molar-refractivity contribution in [3.8, 4) is 0 Å². The summed E-state index contributed by atoms with van der Waals surface area (Å²) in [6.07, 6.45) is 1.79. The lowest BCUT2D eigenvalue weighted by Gasteiger charge is -2.03. The van der Waals surface area contributed by atoms with Crippen molar-refractivity contribution in [2.45, 2.75) is 18.7 Å². The lowest BCUT2D eigenvalue weighted by molar-refractivity contribution is 0.597. The average molecular weight is 211 g/mol. The molecule has 3 nitrogen and oxygen atoms in total. The normalized spacial score (nSPS) is 11.1. The van der Waals surface area contributed by atoms with Crippen molar-refractivity contribution in [3.05, 3.63) is 35.4 Å². The van der Waals surface area contributed by atoms with Gasteiger partial charge in [0.1, 0.15) is 0 Å². The van der Waals surface area contributed by atoms with Crippen LogP contribution < -0.4 is 5.14 Å². The predicted molar refractivity (Wildman–Crippen MR) is 57.1 cm³/mol. The van der Waals surface area contributed by atoms with Crippen LogP contribution in [0.1, 0.15) is 19.4 Å². The van der Waals surface area contributed by atoms with Gasteiger partial charge >= 0.3 is 0 Å². The van der Waals surface area contributed by atoms with E-state index >= 15 is 0 Å². The Morgan fingerprint density at radius 2 is 1.86 bits per heavy atom. The molecule has 1 aromatic carbocycles. The summed E-state index contributed by atoms with van der Waals surface area (Å²) in [5.41, 5.74) is 1.66. The molecule has 0 atom stereocenters. The third-order valence-corrected chi connectivity index (χ3v) is 2.65. The second-order valence-electron chi connectivity index (χ2n) is 3.30. The average Bonchev–Trinajstić information content (AvgIpc) is 2.01. The van der Waals surface area contributed by atoms with Crippen molar-refractivity contribution >= 4 is 16.1 Å². The van der Waals surface area contributed by atoms with Gasteiger partial charge in [-0.15, -0.1) is 0 Å². The summed E-state index contributed by atoms with van der Waals surface area (Å²) in [6.45, 7) is 3.81. The molecule has 0 saturated heterocycles. The van der Waals surface area contributed by atoms with Crippen LogP contribution in [0.5, 0.6) is 0 Å². The van der Waals surface area contributed by atoms with E-state index in [0.29, 0.717) is 5.56 Å². The first-order valence-electron chi connectivity index (χ1n) is 4.18. The van der Waals surface area contributed by atoms with Crippen LogP contribution in [0.4, 0.5) is 0 Å². The summed E-state index contributed by atoms with van der Waals surface area (Å²) in [6, 6.07) is 6.67. The molecule has 0 aliphatic carbocycles. The fourth-order valence-corrected chi connectivity index (χ4v) is 1.89. The number of hydrogen-bond donors (Lipinski definition) is 1. The van der Waals surface area contributed by atoms with Crippen LogP contribution in [0.15, 0.2) is 34.7 Å². The molecule has 0 heterocycles. The standard InChI is InChI=1S/C10H13NO2S/c1-8(2)7-9-5-3-4-6-10(9)14(11,12)13/h3-7H,1-2H3,(H2,11,12,13). The Labute approximate surface area is 84.3 Å². The molecule has 14 heavy (non-hydrogen) atoms. The van der Waals surface area contributed by atoms with Crippen molar-refractivity contribution in [1.82, 2.24) is 0 Å². The zero-order valence-corrected chi connectivity index (χ0v) is 9.01. The zero-order valence-electron chi connectivity index (χ0n) is 8.19. The highest BCUT2D eigenvalue weighted by Gasteiger charge is 2.10. The highest BCUT2D eigenvalue weighted by molar-refractivity contribution is 7.89. The monoisotopic (exact) mass is 211 g/mol. The van der Waals surface area contributed by atoms with Gasteiger partial charge in [0.2, 0.25) is 10.0 Å². The minimum absolute atomic E-state index is 0.168. The largest absolute Gasteiger partial charge is 0.238 e. The molecule has 0 saturated carbocycles. The molecule has 0 amide bonds. The molecule has 0 unspecified atom stereocenters. The Bertz CT molecular complexity index is 457. The minimum Gasteiger partial charge on any atom is -0.225 e. The number of benzene rings is 1. The van der Waals surface area contributed by atoms with Crippen LogP contribution in [0, 0.1) is 0 Å². The van der Waals surface area contributed by atoms with Gasteiger partial charge in [-0.05, 0) is 25.5 Å². The fourth-order valence-electron chi connectivity index (χ4n) is 1.17. The first kappa shape index (κ1) is 10.9. The first-order valence-corrected chi connectivity index (χ1v) is 5.72. The number of allylic oxidation sites excluding steroid dienone is 1. The summed E-state index contributed by atoms with van der Waals surface area (Å²) >= 11 is 0. The molecule has 4 heteroatoms. The van der Waals surface area contributed by atoms with E-state index in [9.17, 15) is 8.42 Å². The number of rotatable bonds is 2. The van der Waals surface area contributed by atoms with Crippen LogP contribution in [0.3, 0.4) is 0 Å². The van der Waals surface area contributed by atoms with E-state index < -0.39 is 10.0 Å². The summed E-state index contributed by atoms with van der Waals surface area (Å²) < 4.78 is 22.4. The van der Waals surface area contributed by atoms with Crippen LogP contribution in [0.25, 0.3) is 6.08 Å². The molecule has 0 fully saturated rings. The maximum Gasteiger partial charge on any atom is 0.238 e. The molecule has 0 aliphatic heterocycles. The highest BCUT2D eigenvalue weighted by Crippen LogP contribution is 2.16. The molecule has 2 N–H and O–H groups in total. The van der Waals surface area contributed by atoms with Gasteiger partial charge in [-0.1, -0.05) is 29.8 Å². The van der Waals surface area contributed by atoms with E-state index in [1.807, 2.05) is 13.8 Å². The van der Waals surface area contributed by atoms with Gasteiger partial charge < -0.3 is 0 Å². The Hall–Kier alpha value is -1.13. The summed E-state index contributed by atoms with van der Waals surface area (Å²) in [5, 5.41) is 5.08. The third-order valence-electron chi connectivity index (χ3n) is 1.67. The lowest BCUT2D eigenvalue weighted by Crippen LogP contribution is -2.13. The van der Waals surface area contributed by atoms with E-state index in [-0.39, 0.29) is 4.90 Å². The van der Waals surface area contributed by atoms with Gasteiger partial charge in [-0.3, -0.25) is 0 Å². The van der Waals surface area contributed by atoms with Gasteiger partial charge in [0, 0.05) is 0 Å². The molecule has 1 aromatic rings. The molecule has 0 aliphatic rings. The van der Waals surface area contributed by atoms with Gasteiger partial charge in [-0.25, -0.2) is 13.6 Å². The lowest BCUT2D eigenvalue weighted by atomic mass is 10.1. The van der Waals surface area contributed by atoms with Crippen molar-refractivity contribution < 1.29 is 8.42 Å². The van der Waals surface area contributed by atoms with Gasteiger partial charge in [0.15, 0.2) is 0 Å². The van der Waals surface area contributed by atoms with E-state index in [1.165, 1.54) is 6.07 Å². The second-order valence-corrected chi connectivity index (χ2v) is 4.83. The molecule has 0 radical (unpaired) electrons. The quantitative estimate of drug-likeness (QED) is 0.810. The maximum atomic E-state index is 11.2. The van der Waals surface area contributed by atoms with Gasteiger partial charge in [0.25, 0.3) is 0 Å². The number of nitrogens with two attached hydrogens (primary N) is 1. The van der Waals surface area contributed by atoms with Crippen LogP contribution in [-0.4, -0.2) is 8.42 Å². The highest BCUT2D eigenvalue weighted by atomic mass is 32.2. The topological polar surface area (TPSA) is 60.2 Å². The first-order chi connectivity index (χ1) is 6.41. The van der Waals surface area contributed by atoms with Crippen molar-refractivity contribution in [3.63, 3.8) is 0 Å². The Morgan fingerprint density at radius 3 is 2.36 bits per heavy atom. The molecule has 0 bridgehead atoms. The predicted octanol–water partition coefficient (Wildman–Crippen LogP) is 1.76. The molecular formula is C10H13NO2S. The summed E-state index contributed by atoms with van der Waals surface area (Å²) in [4.78, 5) is 0.168. The molecule has 76 valence electrons. The molecular weight excluding hydrogens is 198 g/mol. The van der Waals surface area contributed by atoms with Crippen molar-refractivity contribution in [2.24, 2.45) is 5.14 Å². The van der Waals surface area contributed by atoms with Crippen molar-refractivity contribution in [2.75, 3.05) is 0 Å². The van der Waals surface area contributed by atoms with E-state index in [0.717, 1.165) is 5.57 Å². The number of primary sulfonamides is 1. The number of sulfonamides is 1. The summed E-state index contributed by atoms with van der Waals surface area (Å²) in [5.74, 6) is 0. The van der Waals surface area contributed by atoms with Gasteiger partial charge in [-0.2, -0.15) is 0 Å². The Kier molecular flexibility index (Phi) is 3.08.